The summed E-state index contributed by atoms with van der Waals surface area (Å²) in [6.07, 6.45) is 8.82. The molecule has 0 saturated carbocycles. The molecule has 0 atom stereocenters. The number of carbonyl (C=O) groups is 1. The summed E-state index contributed by atoms with van der Waals surface area (Å²) in [5.74, 6) is -0.161. The van der Waals surface area contributed by atoms with Crippen molar-refractivity contribution in [1.29, 1.82) is 0 Å². The first kappa shape index (κ1) is 16.7. The SMILES string of the molecule is CCCCCCCCCOC(C)=O.[H-].[H-].[Mg+2]. The molecule has 0 N–H and O–H groups in total. The van der Waals surface area contributed by atoms with E-state index < -0.39 is 0 Å². The van der Waals surface area contributed by atoms with Crippen LogP contribution in [0.25, 0.3) is 0 Å². The second-order valence-corrected chi connectivity index (χ2v) is 3.46. The van der Waals surface area contributed by atoms with Crippen LogP contribution in [0.15, 0.2) is 0 Å². The molecule has 0 bridgehead atoms. The van der Waals surface area contributed by atoms with Gasteiger partial charge in [-0.3, -0.25) is 4.79 Å². The Bertz CT molecular complexity index is 135. The fraction of sp³-hybridized carbons (Fsp3) is 0.909. The third-order valence-electron chi connectivity index (χ3n) is 2.05. The van der Waals surface area contributed by atoms with Crippen molar-refractivity contribution >= 4 is 29.0 Å². The summed E-state index contributed by atoms with van der Waals surface area (Å²) in [6.45, 7) is 4.28. The minimum absolute atomic E-state index is 0. The van der Waals surface area contributed by atoms with E-state index in [0.29, 0.717) is 6.61 Å². The Kier molecular flexibility index (Phi) is 15.7. The summed E-state index contributed by atoms with van der Waals surface area (Å²) in [5, 5.41) is 0. The van der Waals surface area contributed by atoms with Crippen LogP contribution in [-0.2, 0) is 9.53 Å². The molecule has 2 nitrogen and oxygen atoms in total. The standard InChI is InChI=1S/C11H22O2.Mg.2H/c1-3-4-5-6-7-8-9-10-13-11(2)12;;;/h3-10H2,1-2H3;;;/q;+2;2*-1. The van der Waals surface area contributed by atoms with Gasteiger partial charge in [0.2, 0.25) is 0 Å². The van der Waals surface area contributed by atoms with Crippen molar-refractivity contribution in [1.82, 2.24) is 0 Å². The molecule has 14 heavy (non-hydrogen) atoms. The Labute approximate surface area is 107 Å². The Morgan fingerprint density at radius 2 is 1.57 bits per heavy atom. The molecule has 0 aliphatic heterocycles. The molecule has 0 radical (unpaired) electrons. The van der Waals surface area contributed by atoms with E-state index in [0.717, 1.165) is 6.42 Å². The molecule has 82 valence electrons. The molecule has 0 spiro atoms. The predicted molar refractivity (Wildman–Crippen MR) is 62.6 cm³/mol. The monoisotopic (exact) mass is 212 g/mol. The first-order valence-corrected chi connectivity index (χ1v) is 5.40. The van der Waals surface area contributed by atoms with Gasteiger partial charge in [-0.1, -0.05) is 45.4 Å². The van der Waals surface area contributed by atoms with Gasteiger partial charge in [0.25, 0.3) is 0 Å². The van der Waals surface area contributed by atoms with E-state index in [-0.39, 0.29) is 31.9 Å². The van der Waals surface area contributed by atoms with Crippen LogP contribution in [-0.4, -0.2) is 35.6 Å². The second-order valence-electron chi connectivity index (χ2n) is 3.46. The first-order chi connectivity index (χ1) is 6.27. The maximum Gasteiger partial charge on any atom is 2.00 e. The minimum Gasteiger partial charge on any atom is -1.00 e. The molecule has 0 aliphatic carbocycles. The predicted octanol–water partition coefficient (Wildman–Crippen LogP) is 3.14. The molecule has 0 unspecified atom stereocenters. The van der Waals surface area contributed by atoms with Gasteiger partial charge in [-0.25, -0.2) is 0 Å². The van der Waals surface area contributed by atoms with Crippen molar-refractivity contribution in [2.75, 3.05) is 6.61 Å². The van der Waals surface area contributed by atoms with Gasteiger partial charge < -0.3 is 7.59 Å². The van der Waals surface area contributed by atoms with Gasteiger partial charge >= 0.3 is 29.0 Å². The van der Waals surface area contributed by atoms with Crippen molar-refractivity contribution in [2.24, 2.45) is 0 Å². The molecule has 0 heterocycles. The average molecular weight is 213 g/mol. The maximum absolute atomic E-state index is 10.4. The molecule has 0 aromatic heterocycles. The van der Waals surface area contributed by atoms with Gasteiger partial charge in [0, 0.05) is 6.92 Å². The normalized spacial score (nSPS) is 9.29. The van der Waals surface area contributed by atoms with E-state index in [2.05, 4.69) is 6.92 Å². The summed E-state index contributed by atoms with van der Waals surface area (Å²) >= 11 is 0. The maximum atomic E-state index is 10.4. The minimum atomic E-state index is -0.161. The fourth-order valence-electron chi connectivity index (χ4n) is 1.28. The zero-order valence-electron chi connectivity index (χ0n) is 11.7. The molecule has 0 fully saturated rings. The van der Waals surface area contributed by atoms with Gasteiger partial charge in [0.05, 0.1) is 6.61 Å². The van der Waals surface area contributed by atoms with Crippen LogP contribution in [0.4, 0.5) is 0 Å². The van der Waals surface area contributed by atoms with Crippen LogP contribution in [0.2, 0.25) is 0 Å². The van der Waals surface area contributed by atoms with E-state index in [1.54, 1.807) is 0 Å². The summed E-state index contributed by atoms with van der Waals surface area (Å²) in [6, 6.07) is 0. The Morgan fingerprint density at radius 3 is 2.07 bits per heavy atom. The zero-order valence-corrected chi connectivity index (χ0v) is 11.1. The van der Waals surface area contributed by atoms with Crippen LogP contribution >= 0.6 is 0 Å². The van der Waals surface area contributed by atoms with E-state index in [1.165, 1.54) is 45.4 Å². The number of carbonyl (C=O) groups excluding carboxylic acids is 1. The Hall–Kier alpha value is 0.236. The van der Waals surface area contributed by atoms with Gasteiger partial charge in [0.1, 0.15) is 0 Å². The van der Waals surface area contributed by atoms with Crippen molar-refractivity contribution < 1.29 is 12.4 Å². The molecule has 0 amide bonds. The Morgan fingerprint density at radius 1 is 1.07 bits per heavy atom. The van der Waals surface area contributed by atoms with Crippen LogP contribution in [0.1, 0.15) is 61.6 Å². The smallest absolute Gasteiger partial charge is 1.00 e. The van der Waals surface area contributed by atoms with Crippen LogP contribution in [0.5, 0.6) is 0 Å². The number of hydrogen-bond acceptors (Lipinski definition) is 2. The number of rotatable bonds is 8. The fourth-order valence-corrected chi connectivity index (χ4v) is 1.28. The first-order valence-electron chi connectivity index (χ1n) is 5.40. The molecule has 0 aromatic rings. The van der Waals surface area contributed by atoms with Crippen molar-refractivity contribution in [3.8, 4) is 0 Å². The molecule has 0 aliphatic rings. The summed E-state index contributed by atoms with van der Waals surface area (Å²) in [7, 11) is 0. The Balaban J connectivity index is -0.000000240. The average Bonchev–Trinajstić information content (AvgIpc) is 2.09. The number of unbranched alkanes of at least 4 members (excludes halogenated alkanes) is 6. The van der Waals surface area contributed by atoms with E-state index >= 15 is 0 Å². The van der Waals surface area contributed by atoms with E-state index in [4.69, 9.17) is 4.74 Å². The van der Waals surface area contributed by atoms with Crippen LogP contribution < -0.4 is 0 Å². The third-order valence-corrected chi connectivity index (χ3v) is 2.05. The van der Waals surface area contributed by atoms with E-state index in [9.17, 15) is 4.79 Å². The van der Waals surface area contributed by atoms with Crippen molar-refractivity contribution in [3.63, 3.8) is 0 Å². The number of hydrogen-bond donors (Lipinski definition) is 0. The second kappa shape index (κ2) is 13.2. The third kappa shape index (κ3) is 14.7. The summed E-state index contributed by atoms with van der Waals surface area (Å²) in [4.78, 5) is 10.4. The zero-order chi connectivity index (χ0) is 9.94. The largest absolute Gasteiger partial charge is 2.00 e. The molecule has 0 aromatic carbocycles. The van der Waals surface area contributed by atoms with Crippen LogP contribution in [0, 0.1) is 0 Å². The van der Waals surface area contributed by atoms with Gasteiger partial charge in [-0.15, -0.1) is 0 Å². The van der Waals surface area contributed by atoms with Gasteiger partial charge in [-0.2, -0.15) is 0 Å². The molecule has 0 rings (SSSR count). The quantitative estimate of drug-likeness (QED) is 0.351. The van der Waals surface area contributed by atoms with Crippen molar-refractivity contribution in [2.45, 2.75) is 58.8 Å². The summed E-state index contributed by atoms with van der Waals surface area (Å²) < 4.78 is 4.83. The number of esters is 1. The molecule has 3 heteroatoms. The van der Waals surface area contributed by atoms with Gasteiger partial charge in [-0.05, 0) is 6.42 Å². The van der Waals surface area contributed by atoms with E-state index in [1.807, 2.05) is 0 Å². The summed E-state index contributed by atoms with van der Waals surface area (Å²) in [5.41, 5.74) is 0. The molecule has 0 saturated heterocycles. The molecular formula is C11H24MgO2. The van der Waals surface area contributed by atoms with Crippen LogP contribution in [0.3, 0.4) is 0 Å². The molecular weight excluding hydrogens is 188 g/mol. The van der Waals surface area contributed by atoms with Gasteiger partial charge in [0.15, 0.2) is 0 Å². The number of ether oxygens (including phenoxy) is 1. The van der Waals surface area contributed by atoms with Crippen molar-refractivity contribution in [3.05, 3.63) is 0 Å². The topological polar surface area (TPSA) is 26.3 Å².